The summed E-state index contributed by atoms with van der Waals surface area (Å²) in [5.41, 5.74) is 14.0. The molecule has 0 aliphatic carbocycles. The summed E-state index contributed by atoms with van der Waals surface area (Å²) in [6.45, 7) is 9.94. The number of amides is 3. The number of ether oxygens (including phenoxy) is 4. The average Bonchev–Trinajstić information content (AvgIpc) is 0.814. The second kappa shape index (κ2) is 45.4. The Balaban J connectivity index is 0.000000137. The average molecular weight is 2000 g/mol. The maximum Gasteiger partial charge on any atom is 0.489 e. The van der Waals surface area contributed by atoms with Gasteiger partial charge in [0.15, 0.2) is 10.3 Å². The molecule has 0 bridgehead atoms. The number of anilines is 8. The van der Waals surface area contributed by atoms with E-state index in [0.717, 1.165) is 73.1 Å². The van der Waals surface area contributed by atoms with Crippen LogP contribution in [-0.2, 0) is 18.9 Å². The van der Waals surface area contributed by atoms with Gasteiger partial charge >= 0.3 is 13.1 Å². The summed E-state index contributed by atoms with van der Waals surface area (Å²) in [6, 6.07) is 66.1. The summed E-state index contributed by atoms with van der Waals surface area (Å²) in [5, 5.41) is 45.5. The quantitative estimate of drug-likeness (QED) is 0.00954. The van der Waals surface area contributed by atoms with Crippen LogP contribution in [0.2, 0.25) is 0 Å². The van der Waals surface area contributed by atoms with Crippen molar-refractivity contribution in [2.24, 2.45) is 0 Å². The lowest BCUT2D eigenvalue weighted by atomic mass is 9.77. The smallest absolute Gasteiger partial charge is 0.478 e. The Kier molecular flexibility index (Phi) is 33.3. The van der Waals surface area contributed by atoms with Crippen molar-refractivity contribution in [2.75, 3.05) is 159 Å². The lowest BCUT2D eigenvalue weighted by Crippen LogP contribution is -2.36. The predicted molar refractivity (Wildman–Crippen MR) is 513 cm³/mol. The molecule has 4 saturated heterocycles. The zero-order valence-electron chi connectivity index (χ0n) is 68.7. The minimum atomic E-state index is -1.62. The number of hydrogen-bond donors (Lipinski definition) is 7. The molecule has 33 heteroatoms. The lowest BCUT2D eigenvalue weighted by molar-refractivity contribution is 0.0695. The molecule has 8 N–H and O–H groups in total. The number of nitrogen functional groups attached to an aromatic ring is 1. The Hall–Kier alpha value is -11.3. The zero-order valence-corrected chi connectivity index (χ0v) is 75.7. The molecule has 12 aromatic carbocycles. The first-order valence-electron chi connectivity index (χ1n) is 40.1. The maximum atomic E-state index is 14.4. The van der Waals surface area contributed by atoms with Crippen LogP contribution in [0.5, 0.6) is 0 Å². The first-order valence-corrected chi connectivity index (χ1v) is 45.3. The number of fused-ring (bicyclic) bond motifs is 4. The molecule has 23 nitrogen and oxygen atoms in total. The SMILES string of the molecule is CSc1nccc(-c2ccc(NC(=O)c3cc(F)cc(N4CCOCC4)c3)c3ccccc23)n1.CSc1nccc(I)n1.Nc1ccc(Br)c2ccccc12.O=C(Nc1ccc(B(O)O)c2ccccc12)c1cc(F)cc(N2CCOCC2)c1.O=C(Nc1ccc(Br)c2ccccc12)c1cc(F)cc(N2CCOCC2)c1.O=C(O)c1cc(F)cc(N2CCOCC2)c1. The molecule has 0 saturated carbocycles. The molecule has 4 fully saturated rings. The Labute approximate surface area is 769 Å². The highest BCUT2D eigenvalue weighted by Gasteiger charge is 2.24. The number of nitrogens with zero attached hydrogens (tertiary/aromatic N) is 8. The van der Waals surface area contributed by atoms with E-state index >= 15 is 0 Å². The van der Waals surface area contributed by atoms with Crippen LogP contribution in [0.25, 0.3) is 54.3 Å². The Morgan fingerprint density at radius 1 is 0.409 bits per heavy atom. The summed E-state index contributed by atoms with van der Waals surface area (Å²) in [7, 11) is -1.62. The minimum Gasteiger partial charge on any atom is -0.478 e. The Morgan fingerprint density at radius 2 is 0.740 bits per heavy atom. The van der Waals surface area contributed by atoms with Crippen LogP contribution in [0.3, 0.4) is 0 Å². The predicted octanol–water partition coefficient (Wildman–Crippen LogP) is 18.2. The molecular formula is C94H86BBr2F4IN12O11S2. The van der Waals surface area contributed by atoms with Gasteiger partial charge in [-0.15, -0.1) is 0 Å². The van der Waals surface area contributed by atoms with E-state index in [1.165, 1.54) is 60.3 Å². The molecule has 4 aliphatic heterocycles. The Morgan fingerprint density at radius 3 is 1.13 bits per heavy atom. The summed E-state index contributed by atoms with van der Waals surface area (Å²) in [4.78, 5) is 74.5. The molecule has 14 aromatic rings. The standard InChI is InChI=1S/C26H23FN4O2S.C21H20BFN2O4.C21H18BrFN2O2.C11H12FNO3.C10H8BrN.C5H5IN2S/c1-34-26-28-9-8-24(30-26)22-6-7-23(21-5-3-2-4-20(21)22)29-25(32)17-14-18(27)16-19(15-17)31-10-12-33-13-11-31;23-15-11-14(12-16(13-15)25-7-9-29-10-8-25)21(26)24-20-6-5-19(22(27)28)17-3-1-2-4-18(17)20;22-19-5-6-20(18-4-2-1-3-17(18)19)24-21(26)14-11-15(23)13-16(12-14)25-7-9-27-10-8-25;12-9-5-8(11(14)15)6-10(7-9)13-1-3-16-4-2-13;11-9-5-6-10(12)8-4-2-1-3-7(8)9;1-9-5-7-3-2-4(6)8-5/h2-9,14-16H,10-13H2,1H3,(H,29,32);1-6,11-13,27-28H,7-10H2,(H,24,26);1-6,11-13H,7-10H2,(H,24,26);5-7H,1-4H2,(H,14,15);1-6H,12H2;2-3H,1H3. The second-order valence-electron chi connectivity index (χ2n) is 28.8. The van der Waals surface area contributed by atoms with Gasteiger partial charge in [-0.25, -0.2) is 42.3 Å². The van der Waals surface area contributed by atoms with E-state index < -0.39 is 42.3 Å². The highest BCUT2D eigenvalue weighted by molar-refractivity contribution is 14.1. The van der Waals surface area contributed by atoms with Gasteiger partial charge in [0.05, 0.1) is 64.1 Å². The van der Waals surface area contributed by atoms with E-state index in [1.54, 1.807) is 78.8 Å². The molecule has 18 rings (SSSR count). The molecular weight excluding hydrogens is 1910 g/mol. The number of rotatable bonds is 15. The fraction of sp³-hybridized carbons (Fsp3) is 0.191. The number of carboxylic acids is 1. The number of carboxylic acid groups (broad SMARTS) is 1. The van der Waals surface area contributed by atoms with Crippen molar-refractivity contribution >= 4 is 203 Å². The number of aromatic carboxylic acids is 1. The lowest BCUT2D eigenvalue weighted by Gasteiger charge is -2.29. The number of morpholine rings is 4. The zero-order chi connectivity index (χ0) is 89.5. The van der Waals surface area contributed by atoms with Crippen molar-refractivity contribution < 1.29 is 70.8 Å². The second-order valence-corrected chi connectivity index (χ2v) is 33.2. The molecule has 0 spiro atoms. The van der Waals surface area contributed by atoms with Gasteiger partial charge < -0.3 is 75.4 Å². The first-order chi connectivity index (χ1) is 61.5. The normalized spacial score (nSPS) is 13.7. The number of aromatic nitrogens is 4. The van der Waals surface area contributed by atoms with Crippen LogP contribution in [0.1, 0.15) is 41.4 Å². The molecule has 3 amide bonds. The minimum absolute atomic E-state index is 0.0264. The van der Waals surface area contributed by atoms with Crippen LogP contribution >= 0.6 is 78.0 Å². The number of halogens is 7. The third-order valence-corrected chi connectivity index (χ3v) is 23.7. The number of nitrogens with one attached hydrogen (secondary N) is 3. The van der Waals surface area contributed by atoms with E-state index in [0.29, 0.717) is 172 Å². The highest BCUT2D eigenvalue weighted by Crippen LogP contribution is 2.36. The van der Waals surface area contributed by atoms with Gasteiger partial charge in [-0.1, -0.05) is 165 Å². The van der Waals surface area contributed by atoms with Crippen LogP contribution < -0.4 is 46.7 Å². The number of hydrogen-bond acceptors (Lipinski definition) is 21. The highest BCUT2D eigenvalue weighted by atomic mass is 127. The van der Waals surface area contributed by atoms with Gasteiger partial charge in [0.25, 0.3) is 17.7 Å². The van der Waals surface area contributed by atoms with E-state index in [1.807, 2.05) is 147 Å². The van der Waals surface area contributed by atoms with Crippen molar-refractivity contribution in [3.05, 3.63) is 301 Å². The number of carbonyl (C=O) groups is 4. The third-order valence-electron chi connectivity index (χ3n) is 20.6. The number of carbonyl (C=O) groups excluding carboxylic acids is 3. The fourth-order valence-corrected chi connectivity index (χ4v) is 16.6. The number of benzene rings is 12. The van der Waals surface area contributed by atoms with Crippen molar-refractivity contribution in [1.29, 1.82) is 0 Å². The molecule has 4 aliphatic rings. The molecule has 127 heavy (non-hydrogen) atoms. The van der Waals surface area contributed by atoms with Crippen LogP contribution in [0.4, 0.5) is 63.1 Å². The topological polar surface area (TPSA) is 293 Å². The summed E-state index contributed by atoms with van der Waals surface area (Å²) in [6.07, 6.45) is 7.41. The van der Waals surface area contributed by atoms with E-state index in [4.69, 9.17) is 29.8 Å². The van der Waals surface area contributed by atoms with Gasteiger partial charge in [-0.2, -0.15) is 0 Å². The number of nitrogens with two attached hydrogens (primary N) is 1. The molecule has 0 unspecified atom stereocenters. The van der Waals surface area contributed by atoms with Gasteiger partial charge in [-0.05, 0) is 183 Å². The fourth-order valence-electron chi connectivity index (χ4n) is 14.4. The third kappa shape index (κ3) is 25.1. The van der Waals surface area contributed by atoms with Crippen LogP contribution in [-0.4, -0.2) is 184 Å². The van der Waals surface area contributed by atoms with Crippen molar-refractivity contribution in [1.82, 2.24) is 19.9 Å². The van der Waals surface area contributed by atoms with Gasteiger partial charge in [-0.3, -0.25) is 14.4 Å². The summed E-state index contributed by atoms with van der Waals surface area (Å²) in [5.74, 6) is -4.14. The van der Waals surface area contributed by atoms with Crippen molar-refractivity contribution in [3.8, 4) is 11.3 Å². The Bertz CT molecular complexity index is 6230. The monoisotopic (exact) mass is 1990 g/mol. The summed E-state index contributed by atoms with van der Waals surface area (Å²) >= 11 is 12.2. The van der Waals surface area contributed by atoms with Gasteiger partial charge in [0.2, 0.25) is 0 Å². The van der Waals surface area contributed by atoms with E-state index in [-0.39, 0.29) is 28.5 Å². The van der Waals surface area contributed by atoms with Crippen molar-refractivity contribution in [3.63, 3.8) is 0 Å². The van der Waals surface area contributed by atoms with E-state index in [9.17, 15) is 46.8 Å². The number of thioether (sulfide) groups is 2. The summed E-state index contributed by atoms with van der Waals surface area (Å²) < 4.78 is 80.2. The maximum absolute atomic E-state index is 14.4. The van der Waals surface area contributed by atoms with Crippen molar-refractivity contribution in [2.45, 2.75) is 10.3 Å². The first kappa shape index (κ1) is 93.3. The van der Waals surface area contributed by atoms with Gasteiger partial charge in [0, 0.05) is 163 Å². The van der Waals surface area contributed by atoms with Crippen LogP contribution in [0, 0.1) is 27.0 Å². The molecule has 2 aromatic heterocycles. The van der Waals surface area contributed by atoms with Gasteiger partial charge in [0.1, 0.15) is 27.0 Å². The molecule has 652 valence electrons. The molecule has 0 atom stereocenters. The molecule has 6 heterocycles. The largest absolute Gasteiger partial charge is 0.489 e. The molecule has 0 radical (unpaired) electrons. The van der Waals surface area contributed by atoms with Crippen LogP contribution in [0.15, 0.2) is 262 Å². The van der Waals surface area contributed by atoms with E-state index in [2.05, 4.69) is 96.4 Å².